The second-order valence-corrected chi connectivity index (χ2v) is 7.10. The van der Waals surface area contributed by atoms with Crippen molar-refractivity contribution in [2.45, 2.75) is 39.2 Å². The summed E-state index contributed by atoms with van der Waals surface area (Å²) in [5, 5.41) is 5.32. The first-order valence-corrected chi connectivity index (χ1v) is 9.48. The average Bonchev–Trinajstić information content (AvgIpc) is 2.62. The van der Waals surface area contributed by atoms with Gasteiger partial charge < -0.3 is 20.3 Å². The summed E-state index contributed by atoms with van der Waals surface area (Å²) in [5.41, 5.74) is 1.54. The molecule has 0 aliphatic carbocycles. The van der Waals surface area contributed by atoms with Crippen LogP contribution in [0, 0.1) is 5.92 Å². The zero-order valence-electron chi connectivity index (χ0n) is 15.9. The zero-order valence-corrected chi connectivity index (χ0v) is 15.9. The van der Waals surface area contributed by atoms with Gasteiger partial charge in [0.25, 0.3) is 0 Å². The Morgan fingerprint density at radius 3 is 2.88 bits per heavy atom. The Kier molecular flexibility index (Phi) is 8.58. The minimum absolute atomic E-state index is 0.464. The first-order valence-electron chi connectivity index (χ1n) is 9.48. The van der Waals surface area contributed by atoms with Crippen LogP contribution in [0.4, 0.5) is 5.69 Å². The minimum Gasteiger partial charge on any atom is -0.380 e. The minimum atomic E-state index is -0.635. The third-order valence-electron chi connectivity index (χ3n) is 4.63. The van der Waals surface area contributed by atoms with E-state index in [0.717, 1.165) is 30.9 Å². The van der Waals surface area contributed by atoms with Crippen LogP contribution < -0.4 is 10.6 Å². The van der Waals surface area contributed by atoms with Gasteiger partial charge in [0.2, 0.25) is 0 Å². The SMILES string of the molecule is COCc1cccc(NC(=O)C(=O)NCCCCN2CCCC(C)C2)c1. The molecular weight excluding hydrogens is 330 g/mol. The molecule has 0 aromatic heterocycles. The van der Waals surface area contributed by atoms with Gasteiger partial charge in [0.05, 0.1) is 6.61 Å². The van der Waals surface area contributed by atoms with Crippen LogP contribution in [0.25, 0.3) is 0 Å². The van der Waals surface area contributed by atoms with Gasteiger partial charge in [-0.1, -0.05) is 19.1 Å². The van der Waals surface area contributed by atoms with E-state index >= 15 is 0 Å². The molecular formula is C20H31N3O3. The molecule has 26 heavy (non-hydrogen) atoms. The fourth-order valence-corrected chi connectivity index (χ4v) is 3.33. The lowest BCUT2D eigenvalue weighted by Gasteiger charge is -2.30. The predicted octanol–water partition coefficient (Wildman–Crippen LogP) is 2.40. The summed E-state index contributed by atoms with van der Waals surface area (Å²) in [5.74, 6) is -0.437. The van der Waals surface area contributed by atoms with E-state index in [0.29, 0.717) is 18.8 Å². The number of amides is 2. The number of rotatable bonds is 8. The van der Waals surface area contributed by atoms with Crippen LogP contribution in [-0.2, 0) is 20.9 Å². The van der Waals surface area contributed by atoms with Crippen LogP contribution in [0.2, 0.25) is 0 Å². The van der Waals surface area contributed by atoms with Crippen LogP contribution in [-0.4, -0.2) is 50.0 Å². The highest BCUT2D eigenvalue weighted by atomic mass is 16.5. The molecule has 0 radical (unpaired) electrons. The van der Waals surface area contributed by atoms with Crippen molar-refractivity contribution >= 4 is 17.5 Å². The molecule has 1 heterocycles. The van der Waals surface area contributed by atoms with Crippen molar-refractivity contribution in [3.8, 4) is 0 Å². The third-order valence-corrected chi connectivity index (χ3v) is 4.63. The maximum atomic E-state index is 12.0. The summed E-state index contributed by atoms with van der Waals surface area (Å²) in [6.45, 7) is 6.72. The van der Waals surface area contributed by atoms with E-state index < -0.39 is 11.8 Å². The number of nitrogens with zero attached hydrogens (tertiary/aromatic N) is 1. The zero-order chi connectivity index (χ0) is 18.8. The van der Waals surface area contributed by atoms with Crippen molar-refractivity contribution in [2.75, 3.05) is 38.6 Å². The van der Waals surface area contributed by atoms with Crippen LogP contribution in [0.5, 0.6) is 0 Å². The fraction of sp³-hybridized carbons (Fsp3) is 0.600. The number of ether oxygens (including phenoxy) is 1. The molecule has 2 N–H and O–H groups in total. The Morgan fingerprint density at radius 1 is 1.27 bits per heavy atom. The Balaban J connectivity index is 1.62. The van der Waals surface area contributed by atoms with E-state index in [4.69, 9.17) is 4.74 Å². The van der Waals surface area contributed by atoms with Gasteiger partial charge in [-0.15, -0.1) is 0 Å². The van der Waals surface area contributed by atoms with Crippen molar-refractivity contribution in [1.29, 1.82) is 0 Å². The Morgan fingerprint density at radius 2 is 2.12 bits per heavy atom. The summed E-state index contributed by atoms with van der Waals surface area (Å²) < 4.78 is 5.07. The molecule has 1 saturated heterocycles. The van der Waals surface area contributed by atoms with E-state index in [2.05, 4.69) is 22.5 Å². The summed E-state index contributed by atoms with van der Waals surface area (Å²) in [4.78, 5) is 26.4. The Labute approximate surface area is 156 Å². The molecule has 1 atom stereocenters. The number of carbonyl (C=O) groups excluding carboxylic acids is 2. The highest BCUT2D eigenvalue weighted by Crippen LogP contribution is 2.15. The number of unbranched alkanes of at least 4 members (excludes halogenated alkanes) is 1. The molecule has 0 spiro atoms. The lowest BCUT2D eigenvalue weighted by Crippen LogP contribution is -2.37. The summed E-state index contributed by atoms with van der Waals surface area (Å²) in [7, 11) is 1.62. The molecule has 1 fully saturated rings. The number of benzene rings is 1. The number of likely N-dealkylation sites (tertiary alicyclic amines) is 1. The van der Waals surface area contributed by atoms with Crippen LogP contribution in [0.1, 0.15) is 38.2 Å². The molecule has 2 amide bonds. The monoisotopic (exact) mass is 361 g/mol. The maximum Gasteiger partial charge on any atom is 0.313 e. The first-order chi connectivity index (χ1) is 12.6. The molecule has 0 bridgehead atoms. The number of carbonyl (C=O) groups is 2. The first kappa shape index (κ1) is 20.4. The van der Waals surface area contributed by atoms with E-state index in [1.807, 2.05) is 12.1 Å². The summed E-state index contributed by atoms with van der Waals surface area (Å²) in [6.07, 6.45) is 4.53. The van der Waals surface area contributed by atoms with Gasteiger partial charge in [0.15, 0.2) is 0 Å². The molecule has 1 aliphatic rings. The van der Waals surface area contributed by atoms with Gasteiger partial charge >= 0.3 is 11.8 Å². The van der Waals surface area contributed by atoms with Crippen molar-refractivity contribution in [3.63, 3.8) is 0 Å². The van der Waals surface area contributed by atoms with Gasteiger partial charge in [0, 0.05) is 25.9 Å². The number of hydrogen-bond acceptors (Lipinski definition) is 4. The highest BCUT2D eigenvalue weighted by Gasteiger charge is 2.16. The second kappa shape index (κ2) is 10.9. The Bertz CT molecular complexity index is 591. The van der Waals surface area contributed by atoms with Gasteiger partial charge in [-0.05, 0) is 62.4 Å². The van der Waals surface area contributed by atoms with Gasteiger partial charge in [-0.2, -0.15) is 0 Å². The van der Waals surface area contributed by atoms with Crippen LogP contribution >= 0.6 is 0 Å². The van der Waals surface area contributed by atoms with Crippen molar-refractivity contribution in [2.24, 2.45) is 5.92 Å². The van der Waals surface area contributed by atoms with E-state index in [1.54, 1.807) is 19.2 Å². The molecule has 6 heteroatoms. The number of anilines is 1. The maximum absolute atomic E-state index is 12.0. The molecule has 1 unspecified atom stereocenters. The van der Waals surface area contributed by atoms with E-state index in [9.17, 15) is 9.59 Å². The summed E-state index contributed by atoms with van der Waals surface area (Å²) >= 11 is 0. The van der Waals surface area contributed by atoms with Gasteiger partial charge in [-0.25, -0.2) is 0 Å². The average molecular weight is 361 g/mol. The predicted molar refractivity (Wildman–Crippen MR) is 103 cm³/mol. The third kappa shape index (κ3) is 7.14. The topological polar surface area (TPSA) is 70.7 Å². The Hall–Kier alpha value is -1.92. The van der Waals surface area contributed by atoms with E-state index in [-0.39, 0.29) is 0 Å². The van der Waals surface area contributed by atoms with Crippen molar-refractivity contribution < 1.29 is 14.3 Å². The van der Waals surface area contributed by atoms with Gasteiger partial charge in [0.1, 0.15) is 0 Å². The number of hydrogen-bond donors (Lipinski definition) is 2. The lowest BCUT2D eigenvalue weighted by atomic mass is 10.0. The molecule has 1 aromatic rings. The normalized spacial score (nSPS) is 17.7. The molecule has 144 valence electrons. The summed E-state index contributed by atoms with van der Waals surface area (Å²) in [6, 6.07) is 7.28. The van der Waals surface area contributed by atoms with Crippen LogP contribution in [0.15, 0.2) is 24.3 Å². The molecule has 2 rings (SSSR count). The van der Waals surface area contributed by atoms with E-state index in [1.165, 1.54) is 25.9 Å². The van der Waals surface area contributed by atoms with Crippen molar-refractivity contribution in [1.82, 2.24) is 10.2 Å². The number of methoxy groups -OCH3 is 1. The quantitative estimate of drug-likeness (QED) is 0.551. The fourth-order valence-electron chi connectivity index (χ4n) is 3.33. The largest absolute Gasteiger partial charge is 0.380 e. The van der Waals surface area contributed by atoms with Crippen LogP contribution in [0.3, 0.4) is 0 Å². The van der Waals surface area contributed by atoms with Gasteiger partial charge in [-0.3, -0.25) is 9.59 Å². The number of piperidine rings is 1. The molecule has 1 aromatic carbocycles. The number of nitrogens with one attached hydrogen (secondary N) is 2. The van der Waals surface area contributed by atoms with Crippen molar-refractivity contribution in [3.05, 3.63) is 29.8 Å². The molecule has 1 aliphatic heterocycles. The molecule has 6 nitrogen and oxygen atoms in total. The highest BCUT2D eigenvalue weighted by molar-refractivity contribution is 6.39. The smallest absolute Gasteiger partial charge is 0.313 e. The second-order valence-electron chi connectivity index (χ2n) is 7.10. The lowest BCUT2D eigenvalue weighted by molar-refractivity contribution is -0.136. The molecule has 0 saturated carbocycles. The standard InChI is InChI=1S/C20H31N3O3/c1-16-7-6-12-23(14-16)11-4-3-10-21-19(24)20(25)22-18-9-5-8-17(13-18)15-26-2/h5,8-9,13,16H,3-4,6-7,10-12,14-15H2,1-2H3,(H,21,24)(H,22,25).